The summed E-state index contributed by atoms with van der Waals surface area (Å²) in [4.78, 5) is 28.0. The van der Waals surface area contributed by atoms with Crippen LogP contribution in [0.2, 0.25) is 0 Å². The molecular formula is C27H28N2O3. The lowest BCUT2D eigenvalue weighted by Crippen LogP contribution is -2.50. The van der Waals surface area contributed by atoms with Crippen LogP contribution in [0.5, 0.6) is 0 Å². The molecule has 0 aliphatic carbocycles. The summed E-state index contributed by atoms with van der Waals surface area (Å²) in [6.07, 6.45) is -0.0348. The number of fused-ring (bicyclic) bond motifs is 1. The van der Waals surface area contributed by atoms with E-state index >= 15 is 0 Å². The van der Waals surface area contributed by atoms with Gasteiger partial charge in [0.15, 0.2) is 0 Å². The number of nitrogens with zero attached hydrogens (tertiary/aromatic N) is 1. The first kappa shape index (κ1) is 21.6. The normalized spacial score (nSPS) is 15.2. The number of rotatable bonds is 5. The van der Waals surface area contributed by atoms with Crippen molar-refractivity contribution in [3.05, 3.63) is 101 Å². The van der Waals surface area contributed by atoms with Crippen molar-refractivity contribution in [1.29, 1.82) is 0 Å². The summed E-state index contributed by atoms with van der Waals surface area (Å²) < 4.78 is 5.58. The molecule has 0 radical (unpaired) electrons. The zero-order chi connectivity index (χ0) is 22.5. The Morgan fingerprint density at radius 2 is 1.59 bits per heavy atom. The number of anilines is 1. The maximum atomic E-state index is 13.4. The highest BCUT2D eigenvalue weighted by Crippen LogP contribution is 2.28. The molecule has 0 saturated carbocycles. The van der Waals surface area contributed by atoms with Crippen molar-refractivity contribution in [2.24, 2.45) is 0 Å². The average Bonchev–Trinajstić information content (AvgIpc) is 2.82. The Morgan fingerprint density at radius 3 is 2.34 bits per heavy atom. The third-order valence-electron chi connectivity index (χ3n) is 5.83. The summed E-state index contributed by atoms with van der Waals surface area (Å²) in [7, 11) is 0. The Balaban J connectivity index is 1.56. The minimum atomic E-state index is -0.645. The first-order chi connectivity index (χ1) is 15.5. The Labute approximate surface area is 189 Å². The Bertz CT molecular complexity index is 1090. The SMILES string of the molecule is CC(C)c1ccccc1NC(=O)[C@H]1Cc2ccccc2CN1C(=O)OCc1ccccc1. The van der Waals surface area contributed by atoms with Crippen LogP contribution in [0.3, 0.4) is 0 Å². The molecule has 0 aromatic heterocycles. The molecule has 5 nitrogen and oxygen atoms in total. The number of para-hydroxylation sites is 1. The third kappa shape index (κ3) is 4.83. The van der Waals surface area contributed by atoms with Crippen molar-refractivity contribution >= 4 is 17.7 Å². The fraction of sp³-hybridized carbons (Fsp3) is 0.259. The molecule has 1 heterocycles. The van der Waals surface area contributed by atoms with E-state index < -0.39 is 12.1 Å². The number of benzene rings is 3. The molecule has 3 aromatic rings. The number of ether oxygens (including phenoxy) is 1. The minimum Gasteiger partial charge on any atom is -0.445 e. The van der Waals surface area contributed by atoms with E-state index in [1.165, 1.54) is 0 Å². The summed E-state index contributed by atoms with van der Waals surface area (Å²) in [6.45, 7) is 4.69. The number of nitrogens with one attached hydrogen (secondary N) is 1. The van der Waals surface area contributed by atoms with Crippen LogP contribution in [0, 0.1) is 0 Å². The van der Waals surface area contributed by atoms with Crippen molar-refractivity contribution in [1.82, 2.24) is 4.90 Å². The van der Waals surface area contributed by atoms with Gasteiger partial charge in [0.1, 0.15) is 12.6 Å². The molecule has 4 rings (SSSR count). The van der Waals surface area contributed by atoms with Crippen molar-refractivity contribution < 1.29 is 14.3 Å². The molecular weight excluding hydrogens is 400 g/mol. The van der Waals surface area contributed by atoms with Gasteiger partial charge in [0.25, 0.3) is 0 Å². The average molecular weight is 429 g/mol. The maximum absolute atomic E-state index is 13.4. The molecule has 5 heteroatoms. The molecule has 2 amide bonds. The first-order valence-electron chi connectivity index (χ1n) is 11.0. The van der Waals surface area contributed by atoms with Gasteiger partial charge in [-0.3, -0.25) is 9.69 Å². The summed E-state index contributed by atoms with van der Waals surface area (Å²) in [5, 5.41) is 3.06. The second-order valence-electron chi connectivity index (χ2n) is 8.39. The highest BCUT2D eigenvalue weighted by Gasteiger charge is 2.35. The number of hydrogen-bond acceptors (Lipinski definition) is 3. The van der Waals surface area contributed by atoms with Crippen LogP contribution < -0.4 is 5.32 Å². The van der Waals surface area contributed by atoms with Crippen LogP contribution in [-0.4, -0.2) is 22.9 Å². The van der Waals surface area contributed by atoms with E-state index in [4.69, 9.17) is 4.74 Å². The van der Waals surface area contributed by atoms with Gasteiger partial charge in [0, 0.05) is 12.1 Å². The van der Waals surface area contributed by atoms with Gasteiger partial charge in [0.2, 0.25) is 5.91 Å². The van der Waals surface area contributed by atoms with Crippen LogP contribution in [0.4, 0.5) is 10.5 Å². The van der Waals surface area contributed by atoms with Gasteiger partial charge in [-0.2, -0.15) is 0 Å². The second-order valence-corrected chi connectivity index (χ2v) is 8.39. The highest BCUT2D eigenvalue weighted by molar-refractivity contribution is 5.97. The smallest absolute Gasteiger partial charge is 0.411 e. The number of amides is 2. The van der Waals surface area contributed by atoms with E-state index in [-0.39, 0.29) is 18.4 Å². The maximum Gasteiger partial charge on any atom is 0.411 e. The minimum absolute atomic E-state index is 0.169. The molecule has 0 unspecified atom stereocenters. The molecule has 0 saturated heterocycles. The number of carbonyl (C=O) groups excluding carboxylic acids is 2. The third-order valence-corrected chi connectivity index (χ3v) is 5.83. The molecule has 0 bridgehead atoms. The molecule has 0 spiro atoms. The topological polar surface area (TPSA) is 58.6 Å². The standard InChI is InChI=1S/C27H28N2O3/c1-19(2)23-14-8-9-15-24(23)28-26(30)25-16-21-12-6-7-13-22(21)17-29(25)27(31)32-18-20-10-4-3-5-11-20/h3-15,19,25H,16-18H2,1-2H3,(H,28,30)/t25-/m1/s1. The lowest BCUT2D eigenvalue weighted by Gasteiger charge is -2.35. The van der Waals surface area contributed by atoms with E-state index in [1.807, 2.05) is 78.9 Å². The Hall–Kier alpha value is -3.60. The van der Waals surface area contributed by atoms with E-state index in [2.05, 4.69) is 19.2 Å². The Kier molecular flexibility index (Phi) is 6.55. The molecule has 1 aliphatic heterocycles. The van der Waals surface area contributed by atoms with Crippen LogP contribution in [0.15, 0.2) is 78.9 Å². The summed E-state index contributed by atoms with van der Waals surface area (Å²) in [5.41, 5.74) is 4.87. The number of carbonyl (C=O) groups is 2. The first-order valence-corrected chi connectivity index (χ1v) is 11.0. The summed E-state index contributed by atoms with van der Waals surface area (Å²) in [5.74, 6) is 0.0646. The quantitative estimate of drug-likeness (QED) is 0.583. The van der Waals surface area contributed by atoms with Crippen LogP contribution in [0.25, 0.3) is 0 Å². The molecule has 1 aliphatic rings. The zero-order valence-corrected chi connectivity index (χ0v) is 18.5. The molecule has 1 atom stereocenters. The van der Waals surface area contributed by atoms with Crippen molar-refractivity contribution in [2.75, 3.05) is 5.32 Å². The fourth-order valence-corrected chi connectivity index (χ4v) is 4.08. The lowest BCUT2D eigenvalue weighted by atomic mass is 9.93. The molecule has 0 fully saturated rings. The van der Waals surface area contributed by atoms with Gasteiger partial charge in [0.05, 0.1) is 6.54 Å². The predicted molar refractivity (Wildman–Crippen MR) is 125 cm³/mol. The largest absolute Gasteiger partial charge is 0.445 e. The van der Waals surface area contributed by atoms with Gasteiger partial charge in [-0.15, -0.1) is 0 Å². The molecule has 164 valence electrons. The summed E-state index contributed by atoms with van der Waals surface area (Å²) in [6, 6.07) is 24.6. The van der Waals surface area contributed by atoms with E-state index in [0.717, 1.165) is 27.9 Å². The van der Waals surface area contributed by atoms with Gasteiger partial charge >= 0.3 is 6.09 Å². The Morgan fingerprint density at radius 1 is 0.938 bits per heavy atom. The van der Waals surface area contributed by atoms with E-state index in [9.17, 15) is 9.59 Å². The van der Waals surface area contributed by atoms with Gasteiger partial charge in [-0.25, -0.2) is 4.79 Å². The van der Waals surface area contributed by atoms with Crippen molar-refractivity contribution in [2.45, 2.75) is 45.4 Å². The van der Waals surface area contributed by atoms with Crippen LogP contribution in [-0.2, 0) is 29.1 Å². The zero-order valence-electron chi connectivity index (χ0n) is 18.5. The fourth-order valence-electron chi connectivity index (χ4n) is 4.08. The molecule has 32 heavy (non-hydrogen) atoms. The van der Waals surface area contributed by atoms with Crippen LogP contribution in [0.1, 0.15) is 42.0 Å². The van der Waals surface area contributed by atoms with E-state index in [1.54, 1.807) is 4.90 Å². The van der Waals surface area contributed by atoms with Crippen molar-refractivity contribution in [3.8, 4) is 0 Å². The summed E-state index contributed by atoms with van der Waals surface area (Å²) >= 11 is 0. The molecule has 3 aromatic carbocycles. The van der Waals surface area contributed by atoms with Gasteiger partial charge < -0.3 is 10.1 Å². The number of hydrogen-bond donors (Lipinski definition) is 1. The van der Waals surface area contributed by atoms with Gasteiger partial charge in [-0.1, -0.05) is 86.6 Å². The van der Waals surface area contributed by atoms with Gasteiger partial charge in [-0.05, 0) is 34.2 Å². The highest BCUT2D eigenvalue weighted by atomic mass is 16.6. The van der Waals surface area contributed by atoms with E-state index in [0.29, 0.717) is 13.0 Å². The lowest BCUT2D eigenvalue weighted by molar-refractivity contribution is -0.121. The van der Waals surface area contributed by atoms with Crippen molar-refractivity contribution in [3.63, 3.8) is 0 Å². The second kappa shape index (κ2) is 9.69. The van der Waals surface area contributed by atoms with Crippen LogP contribution >= 0.6 is 0 Å². The predicted octanol–water partition coefficient (Wildman–Crippen LogP) is 5.51. The molecule has 1 N–H and O–H groups in total. The monoisotopic (exact) mass is 428 g/mol.